The number of hydrogen-bond donors (Lipinski definition) is 2. The number of amides is 4. The van der Waals surface area contributed by atoms with E-state index >= 15 is 0 Å². The van der Waals surface area contributed by atoms with Crippen molar-refractivity contribution in [3.63, 3.8) is 0 Å². The Bertz CT molecular complexity index is 1680. The van der Waals surface area contributed by atoms with Gasteiger partial charge in [-0.1, -0.05) is 62.2 Å². The number of halogens is 2. The molecule has 1 heterocycles. The Morgan fingerprint density at radius 1 is 0.833 bits per heavy atom. The highest BCUT2D eigenvalue weighted by molar-refractivity contribution is 9.10. The molecule has 210 valence electrons. The van der Waals surface area contributed by atoms with Gasteiger partial charge in [0.15, 0.2) is 0 Å². The van der Waals surface area contributed by atoms with E-state index in [0.717, 1.165) is 19.4 Å². The van der Waals surface area contributed by atoms with Gasteiger partial charge in [-0.25, -0.2) is 4.90 Å². The molecule has 4 aromatic carbocycles. The van der Waals surface area contributed by atoms with E-state index in [2.05, 4.69) is 42.5 Å². The van der Waals surface area contributed by atoms with E-state index in [4.69, 9.17) is 0 Å². The third kappa shape index (κ3) is 7.25. The third-order valence-corrected chi connectivity index (χ3v) is 8.49. The number of anilines is 2. The Morgan fingerprint density at radius 2 is 1.55 bits per heavy atom. The summed E-state index contributed by atoms with van der Waals surface area (Å²) in [5, 5.41) is 5.01. The first-order chi connectivity index (χ1) is 20.3. The average molecular weight is 705 g/mol. The Balaban J connectivity index is 1.28. The standard InChI is InChI=1S/C32H23Br2N3O4S/c33-22-9-13-25(14-10-22)37-29(38)19-28(32(37)41)42-26-15-11-24(12-16-26)35-31(40)27(18-20-5-4-8-23(34)17-20)36-30(39)21-6-2-1-3-7-21/h1-18,28H,19H2,(H,35,40)(H,36,39)/b27-18-. The number of rotatable bonds is 8. The Morgan fingerprint density at radius 3 is 2.24 bits per heavy atom. The van der Waals surface area contributed by atoms with Gasteiger partial charge in [-0.2, -0.15) is 0 Å². The first-order valence-corrected chi connectivity index (χ1v) is 15.3. The molecule has 1 unspecified atom stereocenters. The quantitative estimate of drug-likeness (QED) is 0.152. The average Bonchev–Trinajstić information content (AvgIpc) is 3.26. The van der Waals surface area contributed by atoms with Crippen LogP contribution in [0.5, 0.6) is 0 Å². The predicted molar refractivity (Wildman–Crippen MR) is 172 cm³/mol. The van der Waals surface area contributed by atoms with Crippen LogP contribution < -0.4 is 15.5 Å². The van der Waals surface area contributed by atoms with Crippen LogP contribution in [0.25, 0.3) is 6.08 Å². The summed E-state index contributed by atoms with van der Waals surface area (Å²) in [5.41, 5.74) is 2.26. The van der Waals surface area contributed by atoms with E-state index in [9.17, 15) is 19.2 Å². The van der Waals surface area contributed by atoms with Crippen LogP contribution in [0.4, 0.5) is 11.4 Å². The summed E-state index contributed by atoms with van der Waals surface area (Å²) >= 11 is 8.09. The van der Waals surface area contributed by atoms with E-state index < -0.39 is 17.1 Å². The summed E-state index contributed by atoms with van der Waals surface area (Å²) in [6.45, 7) is 0. The van der Waals surface area contributed by atoms with Gasteiger partial charge in [0.25, 0.3) is 11.8 Å². The number of benzene rings is 4. The molecule has 1 aliphatic rings. The van der Waals surface area contributed by atoms with Gasteiger partial charge in [0, 0.05) is 31.5 Å². The second kappa shape index (κ2) is 13.3. The van der Waals surface area contributed by atoms with E-state index in [0.29, 0.717) is 16.9 Å². The topological polar surface area (TPSA) is 95.6 Å². The minimum absolute atomic E-state index is 0.0727. The monoisotopic (exact) mass is 703 g/mol. The zero-order valence-electron chi connectivity index (χ0n) is 21.9. The number of carbonyl (C=O) groups is 4. The van der Waals surface area contributed by atoms with Crippen molar-refractivity contribution in [1.82, 2.24) is 5.32 Å². The molecule has 42 heavy (non-hydrogen) atoms. The van der Waals surface area contributed by atoms with Gasteiger partial charge in [0.2, 0.25) is 11.8 Å². The lowest BCUT2D eigenvalue weighted by molar-refractivity contribution is -0.121. The van der Waals surface area contributed by atoms with E-state index in [1.165, 1.54) is 16.7 Å². The lowest BCUT2D eigenvalue weighted by Gasteiger charge is -2.15. The number of nitrogens with zero attached hydrogens (tertiary/aromatic N) is 1. The smallest absolute Gasteiger partial charge is 0.272 e. The molecular weight excluding hydrogens is 682 g/mol. The van der Waals surface area contributed by atoms with Crippen LogP contribution in [-0.2, 0) is 14.4 Å². The van der Waals surface area contributed by atoms with Crippen LogP contribution in [0.15, 0.2) is 123 Å². The first kappa shape index (κ1) is 29.5. The molecule has 10 heteroatoms. The van der Waals surface area contributed by atoms with Crippen molar-refractivity contribution in [3.05, 3.63) is 129 Å². The fourth-order valence-corrected chi connectivity index (χ4v) is 5.98. The normalized spacial score (nSPS) is 15.0. The number of imide groups is 1. The summed E-state index contributed by atoms with van der Waals surface area (Å²) in [6.07, 6.45) is 1.70. The van der Waals surface area contributed by atoms with E-state index in [-0.39, 0.29) is 23.9 Å². The van der Waals surface area contributed by atoms with Gasteiger partial charge in [-0.15, -0.1) is 11.8 Å². The highest BCUT2D eigenvalue weighted by atomic mass is 79.9. The molecule has 5 rings (SSSR count). The van der Waals surface area contributed by atoms with Crippen molar-refractivity contribution in [3.8, 4) is 0 Å². The van der Waals surface area contributed by atoms with Crippen molar-refractivity contribution < 1.29 is 19.2 Å². The lowest BCUT2D eigenvalue weighted by Crippen LogP contribution is -2.31. The van der Waals surface area contributed by atoms with Gasteiger partial charge < -0.3 is 10.6 Å². The summed E-state index contributed by atoms with van der Waals surface area (Å²) < 4.78 is 1.69. The number of hydrogen-bond acceptors (Lipinski definition) is 5. The van der Waals surface area contributed by atoms with Crippen LogP contribution in [0, 0.1) is 0 Å². The van der Waals surface area contributed by atoms with Crippen LogP contribution in [0.1, 0.15) is 22.3 Å². The molecule has 0 aromatic heterocycles. The fraction of sp³-hybridized carbons (Fsp3) is 0.0625. The SMILES string of the molecule is O=C(Nc1ccc(SC2CC(=O)N(c3ccc(Br)cc3)C2=O)cc1)/C(=C/c1cccc(Br)c1)NC(=O)c1ccccc1. The van der Waals surface area contributed by atoms with Crippen molar-refractivity contribution in [1.29, 1.82) is 0 Å². The van der Waals surface area contributed by atoms with Crippen LogP contribution in [0.2, 0.25) is 0 Å². The number of carbonyl (C=O) groups excluding carboxylic acids is 4. The number of thioether (sulfide) groups is 1. The molecule has 0 radical (unpaired) electrons. The molecule has 2 N–H and O–H groups in total. The fourth-order valence-electron chi connectivity index (χ4n) is 4.24. The van der Waals surface area contributed by atoms with Crippen LogP contribution >= 0.6 is 43.6 Å². The predicted octanol–water partition coefficient (Wildman–Crippen LogP) is 7.05. The van der Waals surface area contributed by atoms with Crippen LogP contribution in [0.3, 0.4) is 0 Å². The minimum atomic E-state index is -0.547. The second-order valence-electron chi connectivity index (χ2n) is 9.27. The maximum absolute atomic E-state index is 13.3. The third-order valence-electron chi connectivity index (χ3n) is 6.27. The minimum Gasteiger partial charge on any atom is -0.321 e. The van der Waals surface area contributed by atoms with Crippen molar-refractivity contribution in [2.75, 3.05) is 10.2 Å². The first-order valence-electron chi connectivity index (χ1n) is 12.8. The Hall–Kier alpha value is -3.99. The van der Waals surface area contributed by atoms with Crippen molar-refractivity contribution in [2.45, 2.75) is 16.6 Å². The molecule has 7 nitrogen and oxygen atoms in total. The molecular formula is C32H23Br2N3O4S. The van der Waals surface area contributed by atoms with Gasteiger partial charge in [-0.05, 0) is 84.4 Å². The Kier molecular flexibility index (Phi) is 9.36. The number of nitrogens with one attached hydrogen (secondary N) is 2. The van der Waals surface area contributed by atoms with E-state index in [1.54, 1.807) is 78.9 Å². The molecule has 4 amide bonds. The van der Waals surface area contributed by atoms with Gasteiger partial charge in [0.05, 0.1) is 10.9 Å². The Labute approximate surface area is 263 Å². The highest BCUT2D eigenvalue weighted by Gasteiger charge is 2.40. The highest BCUT2D eigenvalue weighted by Crippen LogP contribution is 2.34. The molecule has 1 atom stereocenters. The lowest BCUT2D eigenvalue weighted by atomic mass is 10.1. The maximum atomic E-state index is 13.3. The largest absolute Gasteiger partial charge is 0.321 e. The molecule has 0 aliphatic carbocycles. The molecule has 1 fully saturated rings. The zero-order valence-corrected chi connectivity index (χ0v) is 25.9. The van der Waals surface area contributed by atoms with Gasteiger partial charge >= 0.3 is 0 Å². The summed E-state index contributed by atoms with van der Waals surface area (Å²) in [4.78, 5) is 53.8. The molecule has 1 aliphatic heterocycles. The maximum Gasteiger partial charge on any atom is 0.272 e. The zero-order chi connectivity index (χ0) is 29.6. The summed E-state index contributed by atoms with van der Waals surface area (Å²) in [5.74, 6) is -1.42. The van der Waals surface area contributed by atoms with Gasteiger partial charge in [-0.3, -0.25) is 19.2 Å². The molecule has 0 saturated carbocycles. The van der Waals surface area contributed by atoms with Crippen molar-refractivity contribution >= 4 is 84.7 Å². The molecule has 0 bridgehead atoms. The van der Waals surface area contributed by atoms with Crippen molar-refractivity contribution in [2.24, 2.45) is 0 Å². The second-order valence-corrected chi connectivity index (χ2v) is 12.4. The van der Waals surface area contributed by atoms with E-state index in [1.807, 2.05) is 30.3 Å². The molecule has 0 spiro atoms. The molecule has 4 aromatic rings. The van der Waals surface area contributed by atoms with Gasteiger partial charge in [0.1, 0.15) is 5.70 Å². The van der Waals surface area contributed by atoms with Crippen LogP contribution in [-0.4, -0.2) is 28.9 Å². The summed E-state index contributed by atoms with van der Waals surface area (Å²) in [7, 11) is 0. The summed E-state index contributed by atoms with van der Waals surface area (Å²) in [6, 6.07) is 30.0. The molecule has 1 saturated heterocycles.